The molecule has 2 aliphatic heterocycles. The van der Waals surface area contributed by atoms with Gasteiger partial charge in [0.2, 0.25) is 0 Å². The number of thiophene rings is 1. The van der Waals surface area contributed by atoms with Crippen LogP contribution in [0.3, 0.4) is 0 Å². The van der Waals surface area contributed by atoms with E-state index in [1.807, 2.05) is 41.6 Å². The first-order valence-corrected chi connectivity index (χ1v) is 10.4. The van der Waals surface area contributed by atoms with Gasteiger partial charge in [-0.05, 0) is 30.8 Å². The van der Waals surface area contributed by atoms with Gasteiger partial charge in [-0.1, -0.05) is 6.07 Å². The van der Waals surface area contributed by atoms with Gasteiger partial charge in [-0.3, -0.25) is 23.7 Å². The lowest BCUT2D eigenvalue weighted by Gasteiger charge is -2.23. The summed E-state index contributed by atoms with van der Waals surface area (Å²) in [4.78, 5) is 28.6. The van der Waals surface area contributed by atoms with Crippen molar-refractivity contribution in [1.82, 2.24) is 29.0 Å². The van der Waals surface area contributed by atoms with Gasteiger partial charge in [-0.15, -0.1) is 11.3 Å². The highest BCUT2D eigenvalue weighted by Crippen LogP contribution is 2.40. The fraction of sp³-hybridized carbons (Fsp3) is 0.474. The molecule has 8 nitrogen and oxygen atoms in total. The van der Waals surface area contributed by atoms with Gasteiger partial charge < -0.3 is 0 Å². The molecule has 1 atom stereocenters. The van der Waals surface area contributed by atoms with Gasteiger partial charge in [0.05, 0.1) is 12.7 Å². The van der Waals surface area contributed by atoms with Crippen LogP contribution in [0, 0.1) is 0 Å². The van der Waals surface area contributed by atoms with E-state index in [2.05, 4.69) is 10.00 Å². The third kappa shape index (κ3) is 2.85. The Hall–Kier alpha value is -2.52. The lowest BCUT2D eigenvalue weighted by atomic mass is 9.85. The molecule has 146 valence electrons. The number of aryl methyl sites for hydroxylation is 1. The molecule has 28 heavy (non-hydrogen) atoms. The number of rotatable bonds is 4. The van der Waals surface area contributed by atoms with Gasteiger partial charge in [0.15, 0.2) is 0 Å². The van der Waals surface area contributed by atoms with Crippen LogP contribution in [-0.2, 0) is 32.1 Å². The van der Waals surface area contributed by atoms with Crippen LogP contribution in [-0.4, -0.2) is 42.1 Å². The largest absolute Gasteiger partial charge is 0.332 e. The molecule has 2 aliphatic rings. The Kier molecular flexibility index (Phi) is 4.09. The van der Waals surface area contributed by atoms with Crippen molar-refractivity contribution in [3.05, 3.63) is 66.9 Å². The van der Waals surface area contributed by atoms with Crippen molar-refractivity contribution in [2.75, 3.05) is 13.1 Å². The molecule has 0 unspecified atom stereocenters. The fourth-order valence-electron chi connectivity index (χ4n) is 4.52. The molecule has 0 bridgehead atoms. The average Bonchev–Trinajstić information content (AvgIpc) is 3.45. The second-order valence-corrected chi connectivity index (χ2v) is 8.87. The smallest absolute Gasteiger partial charge is 0.298 e. The SMILES string of the molecule is Cn1cc(CN2CC[C@@]3(CCn4c3nn(Cc3cccs3)c(=O)c4=O)C2)cn1. The average molecular weight is 398 g/mol. The first-order valence-electron chi connectivity index (χ1n) is 9.49. The van der Waals surface area contributed by atoms with E-state index in [0.29, 0.717) is 13.1 Å². The number of likely N-dealkylation sites (tertiary alicyclic amines) is 1. The third-order valence-electron chi connectivity index (χ3n) is 5.91. The normalized spacial score (nSPS) is 21.6. The number of hydrogen-bond acceptors (Lipinski definition) is 6. The zero-order valence-electron chi connectivity index (χ0n) is 15.7. The Morgan fingerprint density at radius 3 is 2.79 bits per heavy atom. The molecule has 5 rings (SSSR count). The number of aromatic nitrogens is 5. The monoisotopic (exact) mass is 398 g/mol. The molecule has 0 aromatic carbocycles. The van der Waals surface area contributed by atoms with Crippen molar-refractivity contribution in [3.8, 4) is 0 Å². The Labute approximate surface area is 165 Å². The van der Waals surface area contributed by atoms with E-state index >= 15 is 0 Å². The standard InChI is InChI=1S/C19H22N6O2S/c1-22-10-14(9-20-22)11-23-6-4-19(13-23)5-7-24-16(26)17(27)25(21-18(19)24)12-15-3-2-8-28-15/h2-3,8-10H,4-7,11-13H2,1H3/t19-/m1/s1. The van der Waals surface area contributed by atoms with Crippen LogP contribution < -0.4 is 11.1 Å². The Morgan fingerprint density at radius 2 is 2.04 bits per heavy atom. The number of nitrogens with zero attached hydrogens (tertiary/aromatic N) is 6. The lowest BCUT2D eigenvalue weighted by Crippen LogP contribution is -2.45. The summed E-state index contributed by atoms with van der Waals surface area (Å²) in [6.45, 7) is 3.58. The molecule has 0 aliphatic carbocycles. The Morgan fingerprint density at radius 1 is 1.18 bits per heavy atom. The molecule has 9 heteroatoms. The summed E-state index contributed by atoms with van der Waals surface area (Å²) in [7, 11) is 1.92. The van der Waals surface area contributed by atoms with Crippen LogP contribution in [0.15, 0.2) is 39.5 Å². The molecule has 1 spiro atoms. The van der Waals surface area contributed by atoms with Crippen molar-refractivity contribution in [2.24, 2.45) is 7.05 Å². The molecular formula is C19H22N6O2S. The number of fused-ring (bicyclic) bond motifs is 2. The maximum absolute atomic E-state index is 12.7. The Bertz CT molecular complexity index is 1130. The summed E-state index contributed by atoms with van der Waals surface area (Å²) >= 11 is 1.57. The highest BCUT2D eigenvalue weighted by Gasteiger charge is 2.47. The van der Waals surface area contributed by atoms with E-state index in [1.54, 1.807) is 15.9 Å². The summed E-state index contributed by atoms with van der Waals surface area (Å²) in [6.07, 6.45) is 5.75. The molecule has 3 aromatic heterocycles. The van der Waals surface area contributed by atoms with Gasteiger partial charge in [-0.25, -0.2) is 4.68 Å². The topological polar surface area (TPSA) is 78.0 Å². The molecule has 1 fully saturated rings. The minimum absolute atomic E-state index is 0.147. The van der Waals surface area contributed by atoms with Crippen LogP contribution in [0.1, 0.15) is 29.1 Å². The van der Waals surface area contributed by atoms with Crippen LogP contribution in [0.25, 0.3) is 0 Å². The summed E-state index contributed by atoms with van der Waals surface area (Å²) < 4.78 is 4.79. The maximum atomic E-state index is 12.7. The molecule has 3 aromatic rings. The minimum atomic E-state index is -0.528. The van der Waals surface area contributed by atoms with Crippen molar-refractivity contribution in [3.63, 3.8) is 0 Å². The quantitative estimate of drug-likeness (QED) is 0.608. The van der Waals surface area contributed by atoms with Crippen LogP contribution >= 0.6 is 11.3 Å². The van der Waals surface area contributed by atoms with Crippen molar-refractivity contribution in [2.45, 2.75) is 37.9 Å². The van der Waals surface area contributed by atoms with Crippen molar-refractivity contribution in [1.29, 1.82) is 0 Å². The predicted molar refractivity (Wildman–Crippen MR) is 106 cm³/mol. The van der Waals surface area contributed by atoms with Gasteiger partial charge in [-0.2, -0.15) is 10.2 Å². The van der Waals surface area contributed by atoms with E-state index < -0.39 is 11.1 Å². The summed E-state index contributed by atoms with van der Waals surface area (Å²) in [6, 6.07) is 3.91. The van der Waals surface area contributed by atoms with Crippen LogP contribution in [0.5, 0.6) is 0 Å². The summed E-state index contributed by atoms with van der Waals surface area (Å²) in [5.41, 5.74) is 0.0702. The highest BCUT2D eigenvalue weighted by atomic mass is 32.1. The molecule has 5 heterocycles. The van der Waals surface area contributed by atoms with Gasteiger partial charge in [0, 0.05) is 48.7 Å². The van der Waals surface area contributed by atoms with Crippen molar-refractivity contribution < 1.29 is 0 Å². The van der Waals surface area contributed by atoms with E-state index in [-0.39, 0.29) is 5.41 Å². The fourth-order valence-corrected chi connectivity index (χ4v) is 5.21. The lowest BCUT2D eigenvalue weighted by molar-refractivity contribution is 0.298. The molecule has 1 saturated heterocycles. The molecule has 0 amide bonds. The highest BCUT2D eigenvalue weighted by molar-refractivity contribution is 7.09. The third-order valence-corrected chi connectivity index (χ3v) is 6.77. The molecular weight excluding hydrogens is 376 g/mol. The second-order valence-electron chi connectivity index (χ2n) is 7.84. The van der Waals surface area contributed by atoms with E-state index in [1.165, 1.54) is 10.2 Å². The van der Waals surface area contributed by atoms with Crippen LogP contribution in [0.4, 0.5) is 0 Å². The first kappa shape index (κ1) is 17.6. The maximum Gasteiger partial charge on any atom is 0.332 e. The minimum Gasteiger partial charge on any atom is -0.298 e. The van der Waals surface area contributed by atoms with E-state index in [0.717, 1.165) is 43.2 Å². The zero-order valence-corrected chi connectivity index (χ0v) is 16.6. The molecule has 0 radical (unpaired) electrons. The van der Waals surface area contributed by atoms with Gasteiger partial charge >= 0.3 is 11.1 Å². The first-order chi connectivity index (χ1) is 13.5. The Balaban J connectivity index is 1.46. The van der Waals surface area contributed by atoms with Gasteiger partial charge in [0.1, 0.15) is 5.82 Å². The van der Waals surface area contributed by atoms with Crippen molar-refractivity contribution >= 4 is 11.3 Å². The summed E-state index contributed by atoms with van der Waals surface area (Å²) in [5, 5.41) is 10.9. The van der Waals surface area contributed by atoms with Gasteiger partial charge in [0.25, 0.3) is 0 Å². The predicted octanol–water partition coefficient (Wildman–Crippen LogP) is 0.796. The van der Waals surface area contributed by atoms with E-state index in [9.17, 15) is 9.59 Å². The van der Waals surface area contributed by atoms with Crippen LogP contribution in [0.2, 0.25) is 0 Å². The summed E-state index contributed by atoms with van der Waals surface area (Å²) in [5.74, 6) is 0.780. The van der Waals surface area contributed by atoms with E-state index in [4.69, 9.17) is 5.10 Å². The molecule has 0 saturated carbocycles. The number of hydrogen-bond donors (Lipinski definition) is 0. The zero-order chi connectivity index (χ0) is 19.3. The molecule has 0 N–H and O–H groups in total. The second kappa shape index (κ2) is 6.52.